The van der Waals surface area contributed by atoms with E-state index in [4.69, 9.17) is 0 Å². The van der Waals surface area contributed by atoms with Crippen LogP contribution in [-0.4, -0.2) is 42.5 Å². The van der Waals surface area contributed by atoms with E-state index in [0.29, 0.717) is 5.39 Å². The number of anilines is 2. The fourth-order valence-electron chi connectivity index (χ4n) is 6.72. The van der Waals surface area contributed by atoms with Gasteiger partial charge in [-0.3, -0.25) is 4.79 Å². The van der Waals surface area contributed by atoms with Gasteiger partial charge in [0, 0.05) is 37.6 Å². The molecule has 0 amide bonds. The van der Waals surface area contributed by atoms with Crippen LogP contribution in [0.2, 0.25) is 0 Å². The van der Waals surface area contributed by atoms with E-state index in [2.05, 4.69) is 67.0 Å². The molecule has 9 heteroatoms. The highest BCUT2D eigenvalue weighted by molar-refractivity contribution is 5.95. The number of nitrogens with one attached hydrogen (secondary N) is 1. The molecular formula is C37H33F3N4O2. The minimum Gasteiger partial charge on any atom is -0.406 e. The van der Waals surface area contributed by atoms with E-state index in [9.17, 15) is 18.0 Å². The van der Waals surface area contributed by atoms with Crippen molar-refractivity contribution in [3.05, 3.63) is 124 Å². The van der Waals surface area contributed by atoms with Gasteiger partial charge >= 0.3 is 6.36 Å². The fraction of sp³-hybridized carbons (Fsp3) is 0.243. The van der Waals surface area contributed by atoms with Gasteiger partial charge < -0.3 is 19.5 Å². The smallest absolute Gasteiger partial charge is 0.406 e. The Morgan fingerprint density at radius 3 is 2.28 bits per heavy atom. The molecule has 8 rings (SSSR count). The van der Waals surface area contributed by atoms with Crippen molar-refractivity contribution in [1.29, 1.82) is 0 Å². The van der Waals surface area contributed by atoms with Crippen LogP contribution < -0.4 is 20.1 Å². The lowest BCUT2D eigenvalue weighted by atomic mass is 9.79. The Morgan fingerprint density at radius 1 is 0.783 bits per heavy atom. The number of ether oxygens (including phenoxy) is 1. The van der Waals surface area contributed by atoms with Crippen LogP contribution in [-0.2, 0) is 6.42 Å². The van der Waals surface area contributed by atoms with Crippen LogP contribution in [0.5, 0.6) is 5.75 Å². The molecule has 0 spiro atoms. The lowest BCUT2D eigenvalue weighted by molar-refractivity contribution is -0.274. The predicted molar refractivity (Wildman–Crippen MR) is 177 cm³/mol. The molecule has 4 aromatic carbocycles. The molecule has 1 fully saturated rings. The molecule has 1 saturated heterocycles. The Kier molecular flexibility index (Phi) is 7.98. The largest absolute Gasteiger partial charge is 0.573 e. The summed E-state index contributed by atoms with van der Waals surface area (Å²) in [7, 11) is 0. The van der Waals surface area contributed by atoms with Crippen molar-refractivity contribution in [2.75, 3.05) is 36.0 Å². The third-order valence-corrected chi connectivity index (χ3v) is 8.99. The first-order valence-corrected chi connectivity index (χ1v) is 15.6. The molecule has 6 nitrogen and oxygen atoms in total. The summed E-state index contributed by atoms with van der Waals surface area (Å²) in [5.41, 5.74) is 8.71. The van der Waals surface area contributed by atoms with E-state index in [1.807, 2.05) is 18.2 Å². The van der Waals surface area contributed by atoms with Gasteiger partial charge in [0.1, 0.15) is 5.75 Å². The molecule has 1 aliphatic heterocycles. The lowest BCUT2D eigenvalue weighted by Crippen LogP contribution is -2.46. The molecular weight excluding hydrogens is 589 g/mol. The average Bonchev–Trinajstić information content (AvgIpc) is 3.08. The topological polar surface area (TPSA) is 61.5 Å². The first-order chi connectivity index (χ1) is 22.3. The van der Waals surface area contributed by atoms with Gasteiger partial charge in [0.05, 0.1) is 17.2 Å². The van der Waals surface area contributed by atoms with E-state index in [0.717, 1.165) is 50.2 Å². The molecule has 5 aromatic rings. The second-order valence-corrected chi connectivity index (χ2v) is 11.7. The molecule has 0 bridgehead atoms. The third-order valence-electron chi connectivity index (χ3n) is 8.99. The number of aromatic nitrogens is 2. The SMILES string of the molecule is FC(F)(F)Oc1ccc(N2CCN(c3ccc4c5c(ccc4c3)C3=C(CCC=C3)CC5)CC2)cc1.O=c1[nH]cnc2ccccc12. The van der Waals surface area contributed by atoms with Crippen molar-refractivity contribution < 1.29 is 17.9 Å². The summed E-state index contributed by atoms with van der Waals surface area (Å²) >= 11 is 0. The molecule has 1 N–H and O–H groups in total. The number of nitrogens with zero attached hydrogens (tertiary/aromatic N) is 3. The van der Waals surface area contributed by atoms with Gasteiger partial charge in [0.25, 0.3) is 5.56 Å². The lowest BCUT2D eigenvalue weighted by Gasteiger charge is -2.37. The molecule has 0 radical (unpaired) electrons. The Morgan fingerprint density at radius 2 is 1.52 bits per heavy atom. The third kappa shape index (κ3) is 6.22. The molecule has 0 unspecified atom stereocenters. The van der Waals surface area contributed by atoms with Crippen LogP contribution in [0.3, 0.4) is 0 Å². The highest BCUT2D eigenvalue weighted by Gasteiger charge is 2.31. The summed E-state index contributed by atoms with van der Waals surface area (Å²) < 4.78 is 41.2. The number of aromatic amines is 1. The number of benzene rings is 4. The quantitative estimate of drug-likeness (QED) is 0.221. The highest BCUT2D eigenvalue weighted by atomic mass is 19.4. The van der Waals surface area contributed by atoms with Crippen molar-refractivity contribution in [2.45, 2.75) is 32.0 Å². The second kappa shape index (κ2) is 12.4. The van der Waals surface area contributed by atoms with E-state index in [1.54, 1.807) is 23.8 Å². The van der Waals surface area contributed by atoms with Crippen molar-refractivity contribution in [3.8, 4) is 5.75 Å². The number of alkyl halides is 3. The van der Waals surface area contributed by atoms with E-state index < -0.39 is 6.36 Å². The standard InChI is InChI=1S/C29H27F3N2O.C8H6N2O/c30-29(31,32)35-24-10-7-22(8-11-24)33-15-17-34(18-16-33)23-9-14-26-21(19-23)6-13-27-25-4-2-1-3-20(25)5-12-28(26)27;11-8-6-3-1-2-4-7(6)9-5-10-8/h2,4,6-11,13-14,19H,1,3,5,12,15-18H2;1-5H,(H,9,10,11). The molecule has 3 aliphatic rings. The Balaban J connectivity index is 0.000000259. The summed E-state index contributed by atoms with van der Waals surface area (Å²) in [5.74, 6) is -0.190. The summed E-state index contributed by atoms with van der Waals surface area (Å²) in [4.78, 5) is 22.2. The molecule has 46 heavy (non-hydrogen) atoms. The highest BCUT2D eigenvalue weighted by Crippen LogP contribution is 2.40. The first kappa shape index (κ1) is 29.6. The number of hydrogen-bond acceptors (Lipinski definition) is 5. The average molecular weight is 623 g/mol. The molecule has 2 aliphatic carbocycles. The minimum atomic E-state index is -4.67. The van der Waals surface area contributed by atoms with Crippen molar-refractivity contribution in [3.63, 3.8) is 0 Å². The summed E-state index contributed by atoms with van der Waals surface area (Å²) in [6, 6.07) is 24.8. The zero-order valence-corrected chi connectivity index (χ0v) is 25.2. The number of halogens is 3. The van der Waals surface area contributed by atoms with Crippen molar-refractivity contribution in [1.82, 2.24) is 9.97 Å². The number of para-hydroxylation sites is 1. The van der Waals surface area contributed by atoms with E-state index >= 15 is 0 Å². The maximum absolute atomic E-state index is 12.4. The van der Waals surface area contributed by atoms with E-state index in [-0.39, 0.29) is 11.3 Å². The monoisotopic (exact) mass is 622 g/mol. The Labute approximate surface area is 264 Å². The molecule has 2 heterocycles. The Hall–Kier alpha value is -5.05. The van der Waals surface area contributed by atoms with Crippen LogP contribution in [0.15, 0.2) is 108 Å². The van der Waals surface area contributed by atoms with Crippen LogP contribution in [0, 0.1) is 0 Å². The molecule has 0 saturated carbocycles. The number of hydrogen-bond donors (Lipinski definition) is 1. The van der Waals surface area contributed by atoms with Gasteiger partial charge in [0.15, 0.2) is 0 Å². The second-order valence-electron chi connectivity index (χ2n) is 11.7. The van der Waals surface area contributed by atoms with Gasteiger partial charge in [-0.25, -0.2) is 4.98 Å². The number of fused-ring (bicyclic) bond motifs is 5. The number of rotatable bonds is 3. The van der Waals surface area contributed by atoms with Gasteiger partial charge in [-0.05, 0) is 102 Å². The van der Waals surface area contributed by atoms with Crippen LogP contribution in [0.4, 0.5) is 24.5 Å². The summed E-state index contributed by atoms with van der Waals surface area (Å²) in [5, 5.41) is 3.28. The number of allylic oxidation sites excluding steroid dienone is 4. The maximum Gasteiger partial charge on any atom is 0.573 e. The normalized spacial score (nSPS) is 16.2. The Bertz CT molecular complexity index is 2000. The van der Waals surface area contributed by atoms with Crippen LogP contribution in [0.25, 0.3) is 27.2 Å². The zero-order valence-electron chi connectivity index (χ0n) is 25.2. The molecule has 0 atom stereocenters. The fourth-order valence-corrected chi connectivity index (χ4v) is 6.72. The number of piperazine rings is 1. The van der Waals surface area contributed by atoms with Gasteiger partial charge in [-0.2, -0.15) is 0 Å². The van der Waals surface area contributed by atoms with Gasteiger partial charge in [-0.15, -0.1) is 13.2 Å². The van der Waals surface area contributed by atoms with Crippen LogP contribution >= 0.6 is 0 Å². The number of H-pyrrole nitrogens is 1. The predicted octanol–water partition coefficient (Wildman–Crippen LogP) is 8.04. The van der Waals surface area contributed by atoms with Gasteiger partial charge in [-0.1, -0.05) is 48.1 Å². The number of aryl methyl sites for hydroxylation is 1. The summed E-state index contributed by atoms with van der Waals surface area (Å²) in [6.07, 6.45) is 5.99. The van der Waals surface area contributed by atoms with E-state index in [1.165, 1.54) is 64.5 Å². The van der Waals surface area contributed by atoms with Gasteiger partial charge in [0.2, 0.25) is 0 Å². The zero-order chi connectivity index (χ0) is 31.7. The molecule has 1 aromatic heterocycles. The molecule has 234 valence electrons. The van der Waals surface area contributed by atoms with Crippen molar-refractivity contribution in [2.24, 2.45) is 0 Å². The minimum absolute atomic E-state index is 0.0874. The summed E-state index contributed by atoms with van der Waals surface area (Å²) in [6.45, 7) is 3.34. The van der Waals surface area contributed by atoms with Crippen molar-refractivity contribution >= 4 is 38.6 Å². The first-order valence-electron chi connectivity index (χ1n) is 15.6. The van der Waals surface area contributed by atoms with Crippen LogP contribution in [0.1, 0.15) is 30.4 Å². The maximum atomic E-state index is 12.4.